The lowest BCUT2D eigenvalue weighted by atomic mass is 9.57. The first-order chi connectivity index (χ1) is 16.0. The summed E-state index contributed by atoms with van der Waals surface area (Å²) >= 11 is 3.38. The number of rotatable bonds is 6. The van der Waals surface area contributed by atoms with Gasteiger partial charge in [0.2, 0.25) is 5.60 Å². The van der Waals surface area contributed by atoms with Crippen molar-refractivity contribution < 1.29 is 27.2 Å². The van der Waals surface area contributed by atoms with E-state index in [1.54, 1.807) is 24.3 Å². The SMILES string of the molecule is CC(C)(OC(=O)N(CC12CCC(c3nc(C4CC4)no3)=C(C1)C2)c1cccc(Br)c1)C(F)(F)F. The molecule has 34 heavy (non-hydrogen) atoms. The predicted molar refractivity (Wildman–Crippen MR) is 122 cm³/mol. The monoisotopic (exact) mass is 539 g/mol. The zero-order valence-corrected chi connectivity index (χ0v) is 20.5. The van der Waals surface area contributed by atoms with E-state index in [9.17, 15) is 18.0 Å². The maximum absolute atomic E-state index is 13.4. The lowest BCUT2D eigenvalue weighted by Gasteiger charge is -2.51. The molecule has 0 unspecified atom stereocenters. The van der Waals surface area contributed by atoms with Crippen LogP contribution < -0.4 is 4.90 Å². The van der Waals surface area contributed by atoms with Gasteiger partial charge < -0.3 is 9.26 Å². The van der Waals surface area contributed by atoms with Gasteiger partial charge in [-0.1, -0.05) is 32.7 Å². The highest BCUT2D eigenvalue weighted by Crippen LogP contribution is 2.58. The largest absolute Gasteiger partial charge is 0.433 e. The lowest BCUT2D eigenvalue weighted by Crippen LogP contribution is -2.51. The summed E-state index contributed by atoms with van der Waals surface area (Å²) < 4.78 is 51.4. The van der Waals surface area contributed by atoms with Crippen LogP contribution in [0.4, 0.5) is 23.7 Å². The number of benzene rings is 1. The summed E-state index contributed by atoms with van der Waals surface area (Å²) in [4.78, 5) is 19.0. The van der Waals surface area contributed by atoms with Gasteiger partial charge in [-0.3, -0.25) is 4.90 Å². The van der Waals surface area contributed by atoms with Gasteiger partial charge in [0.1, 0.15) is 0 Å². The minimum atomic E-state index is -4.68. The average Bonchev–Trinajstić information content (AvgIpc) is 3.47. The molecule has 4 aliphatic rings. The third-order valence-electron chi connectivity index (χ3n) is 7.01. The van der Waals surface area contributed by atoms with Crippen LogP contribution in [-0.2, 0) is 4.74 Å². The number of carbonyl (C=O) groups excluding carboxylic acids is 1. The van der Waals surface area contributed by atoms with E-state index in [1.807, 2.05) is 0 Å². The molecule has 1 aromatic heterocycles. The van der Waals surface area contributed by atoms with Crippen LogP contribution in [0.3, 0.4) is 0 Å². The molecular weight excluding hydrogens is 515 g/mol. The van der Waals surface area contributed by atoms with Gasteiger partial charge in [-0.25, -0.2) is 4.79 Å². The van der Waals surface area contributed by atoms with Gasteiger partial charge >= 0.3 is 12.3 Å². The number of anilines is 1. The first kappa shape index (κ1) is 23.4. The highest BCUT2D eigenvalue weighted by atomic mass is 79.9. The Morgan fingerprint density at radius 2 is 2.03 bits per heavy atom. The molecular formula is C24H25BrF3N3O3. The minimum absolute atomic E-state index is 0.220. The fourth-order valence-corrected chi connectivity index (χ4v) is 5.08. The van der Waals surface area contributed by atoms with Gasteiger partial charge in [0.25, 0.3) is 5.89 Å². The van der Waals surface area contributed by atoms with E-state index >= 15 is 0 Å². The van der Waals surface area contributed by atoms with Gasteiger partial charge in [0.05, 0.1) is 0 Å². The number of ether oxygens (including phenoxy) is 1. The molecule has 1 amide bonds. The summed E-state index contributed by atoms with van der Waals surface area (Å²) in [5.74, 6) is 1.77. The number of halogens is 4. The van der Waals surface area contributed by atoms with Crippen molar-refractivity contribution in [2.45, 2.75) is 70.1 Å². The number of aromatic nitrogens is 2. The molecule has 6 nitrogen and oxygen atoms in total. The van der Waals surface area contributed by atoms with Crippen molar-refractivity contribution in [1.82, 2.24) is 10.1 Å². The zero-order valence-electron chi connectivity index (χ0n) is 18.9. The lowest BCUT2D eigenvalue weighted by molar-refractivity contribution is -0.243. The number of alkyl halides is 3. The molecule has 0 spiro atoms. The molecule has 0 aliphatic heterocycles. The number of hydrogen-bond acceptors (Lipinski definition) is 5. The number of amides is 1. The predicted octanol–water partition coefficient (Wildman–Crippen LogP) is 7.02. The fourth-order valence-electron chi connectivity index (χ4n) is 4.70. The molecule has 2 bridgehead atoms. The summed E-state index contributed by atoms with van der Waals surface area (Å²) in [5, 5.41) is 4.11. The first-order valence-electron chi connectivity index (χ1n) is 11.3. The Balaban J connectivity index is 1.36. The highest BCUT2D eigenvalue weighted by molar-refractivity contribution is 9.10. The van der Waals surface area contributed by atoms with E-state index in [4.69, 9.17) is 9.26 Å². The van der Waals surface area contributed by atoms with Gasteiger partial charge in [-0.15, -0.1) is 0 Å². The van der Waals surface area contributed by atoms with Crippen molar-refractivity contribution in [3.8, 4) is 0 Å². The summed E-state index contributed by atoms with van der Waals surface area (Å²) in [7, 11) is 0. The van der Waals surface area contributed by atoms with Gasteiger partial charge in [-0.2, -0.15) is 18.2 Å². The van der Waals surface area contributed by atoms with E-state index < -0.39 is 17.9 Å². The van der Waals surface area contributed by atoms with Gasteiger partial charge in [0.15, 0.2) is 5.82 Å². The third-order valence-corrected chi connectivity index (χ3v) is 7.50. The van der Waals surface area contributed by atoms with E-state index in [2.05, 4.69) is 26.1 Å². The van der Waals surface area contributed by atoms with Gasteiger partial charge in [0, 0.05) is 28.2 Å². The first-order valence-corrected chi connectivity index (χ1v) is 12.1. The second kappa shape index (κ2) is 8.10. The molecule has 2 fully saturated rings. The smallest absolute Gasteiger partial charge is 0.427 e. The van der Waals surface area contributed by atoms with Crippen LogP contribution in [0.1, 0.15) is 70.0 Å². The Bertz CT molecular complexity index is 1150. The molecule has 4 aliphatic carbocycles. The summed E-state index contributed by atoms with van der Waals surface area (Å²) in [6, 6.07) is 6.94. The van der Waals surface area contributed by atoms with Crippen LogP contribution in [0.5, 0.6) is 0 Å². The molecule has 0 saturated heterocycles. The maximum Gasteiger partial charge on any atom is 0.427 e. The molecule has 2 saturated carbocycles. The summed E-state index contributed by atoms with van der Waals surface area (Å²) in [5.41, 5.74) is -0.0392. The molecule has 1 heterocycles. The minimum Gasteiger partial charge on any atom is -0.433 e. The van der Waals surface area contributed by atoms with Crippen LogP contribution in [0.2, 0.25) is 0 Å². The quantitative estimate of drug-likeness (QED) is 0.394. The van der Waals surface area contributed by atoms with E-state index in [0.717, 1.165) is 68.2 Å². The van der Waals surface area contributed by atoms with E-state index in [0.29, 0.717) is 17.5 Å². The standard InChI is InChI=1S/C24H25BrF3N3O3/c1-22(2,24(26,27)28)33-21(32)31(17-5-3-4-16(25)10-17)13-23-9-8-18(15(11-23)12-23)20-29-19(30-34-20)14-6-7-14/h3-5,10,14H,6-9,11-13H2,1-2H3. The highest BCUT2D eigenvalue weighted by Gasteiger charge is 2.53. The van der Waals surface area contributed by atoms with Crippen molar-refractivity contribution in [2.75, 3.05) is 11.4 Å². The number of carbonyl (C=O) groups is 1. The van der Waals surface area contributed by atoms with Crippen molar-refractivity contribution in [2.24, 2.45) is 5.41 Å². The fraction of sp³-hybridized carbons (Fsp3) is 0.542. The van der Waals surface area contributed by atoms with E-state index in [-0.39, 0.29) is 12.0 Å². The second-order valence-corrected chi connectivity index (χ2v) is 11.0. The Labute approximate surface area is 203 Å². The molecule has 10 heteroatoms. The zero-order chi connectivity index (χ0) is 24.3. The summed E-state index contributed by atoms with van der Waals surface area (Å²) in [6.07, 6.45) is -0.511. The normalized spacial score (nSPS) is 19.6. The van der Waals surface area contributed by atoms with Crippen LogP contribution in [0.15, 0.2) is 38.8 Å². The Kier molecular flexibility index (Phi) is 5.57. The molecule has 182 valence electrons. The summed E-state index contributed by atoms with van der Waals surface area (Å²) in [6.45, 7) is 1.99. The van der Waals surface area contributed by atoms with Crippen LogP contribution in [0.25, 0.3) is 5.57 Å². The van der Waals surface area contributed by atoms with Crippen molar-refractivity contribution in [3.63, 3.8) is 0 Å². The average molecular weight is 540 g/mol. The van der Waals surface area contributed by atoms with Crippen LogP contribution >= 0.6 is 15.9 Å². The van der Waals surface area contributed by atoms with Crippen molar-refractivity contribution in [1.29, 1.82) is 0 Å². The van der Waals surface area contributed by atoms with Gasteiger partial charge in [-0.05, 0) is 76.0 Å². The van der Waals surface area contributed by atoms with Crippen LogP contribution in [-0.4, -0.2) is 34.6 Å². The molecule has 0 N–H and O–H groups in total. The number of allylic oxidation sites excluding steroid dienone is 2. The number of nitrogens with zero attached hydrogens (tertiary/aromatic N) is 3. The van der Waals surface area contributed by atoms with Crippen molar-refractivity contribution in [3.05, 3.63) is 46.0 Å². The van der Waals surface area contributed by atoms with E-state index in [1.165, 1.54) is 10.5 Å². The molecule has 0 radical (unpaired) electrons. The third kappa shape index (κ3) is 4.36. The molecule has 2 aromatic rings. The molecule has 0 atom stereocenters. The van der Waals surface area contributed by atoms with Crippen molar-refractivity contribution >= 4 is 33.3 Å². The second-order valence-electron chi connectivity index (χ2n) is 10.1. The maximum atomic E-state index is 13.4. The topological polar surface area (TPSA) is 68.5 Å². The number of fused-ring (bicyclic) bond motifs is 2. The number of hydrogen-bond donors (Lipinski definition) is 0. The molecule has 6 rings (SSSR count). The Morgan fingerprint density at radius 3 is 2.62 bits per heavy atom. The Hall–Kier alpha value is -2.36. The Morgan fingerprint density at radius 1 is 1.29 bits per heavy atom. The molecule has 1 aromatic carbocycles. The van der Waals surface area contributed by atoms with Crippen LogP contribution in [0, 0.1) is 5.41 Å².